The maximum atomic E-state index is 12.5. The van der Waals surface area contributed by atoms with E-state index in [0.717, 1.165) is 49.6 Å². The monoisotopic (exact) mass is 450 g/mol. The van der Waals surface area contributed by atoms with Crippen LogP contribution in [0.4, 0.5) is 0 Å². The normalized spacial score (nSPS) is 14.5. The zero-order chi connectivity index (χ0) is 23.2. The number of hydrogen-bond acceptors (Lipinski definition) is 7. The van der Waals surface area contributed by atoms with Gasteiger partial charge in [-0.3, -0.25) is 9.69 Å². The molecule has 0 saturated carbocycles. The fourth-order valence-corrected chi connectivity index (χ4v) is 3.82. The average molecular weight is 451 g/mol. The SMILES string of the molecule is COc1ccc(-c2noc(-c3ccc(OCC(=O)N4CCN(CC(C)C)CC4)cc3)n2)cc1. The summed E-state index contributed by atoms with van der Waals surface area (Å²) in [5, 5.41) is 4.06. The smallest absolute Gasteiger partial charge is 0.260 e. The number of amides is 1. The first kappa shape index (κ1) is 22.8. The minimum Gasteiger partial charge on any atom is -0.497 e. The predicted molar refractivity (Wildman–Crippen MR) is 125 cm³/mol. The number of piperazine rings is 1. The quantitative estimate of drug-likeness (QED) is 0.519. The molecule has 174 valence electrons. The van der Waals surface area contributed by atoms with Crippen LogP contribution in [-0.4, -0.2) is 72.3 Å². The van der Waals surface area contributed by atoms with Crippen molar-refractivity contribution in [3.8, 4) is 34.3 Å². The molecular formula is C25H30N4O4. The second kappa shape index (κ2) is 10.5. The molecule has 0 unspecified atom stereocenters. The highest BCUT2D eigenvalue weighted by Crippen LogP contribution is 2.25. The lowest BCUT2D eigenvalue weighted by Gasteiger charge is -2.35. The van der Waals surface area contributed by atoms with E-state index in [1.165, 1.54) is 0 Å². The zero-order valence-electron chi connectivity index (χ0n) is 19.4. The molecule has 1 amide bonds. The molecule has 8 heteroatoms. The molecule has 0 aliphatic carbocycles. The molecule has 1 saturated heterocycles. The summed E-state index contributed by atoms with van der Waals surface area (Å²) in [5.41, 5.74) is 1.62. The third-order valence-electron chi connectivity index (χ3n) is 5.59. The van der Waals surface area contributed by atoms with Crippen molar-refractivity contribution in [3.05, 3.63) is 48.5 Å². The Kier molecular flexibility index (Phi) is 7.24. The number of nitrogens with zero attached hydrogens (tertiary/aromatic N) is 4. The fourth-order valence-electron chi connectivity index (χ4n) is 3.82. The van der Waals surface area contributed by atoms with Crippen molar-refractivity contribution in [3.63, 3.8) is 0 Å². The molecule has 4 rings (SSSR count). The van der Waals surface area contributed by atoms with Crippen LogP contribution in [0.3, 0.4) is 0 Å². The number of hydrogen-bond donors (Lipinski definition) is 0. The molecule has 33 heavy (non-hydrogen) atoms. The van der Waals surface area contributed by atoms with Gasteiger partial charge < -0.3 is 18.9 Å². The summed E-state index contributed by atoms with van der Waals surface area (Å²) in [6, 6.07) is 14.8. The van der Waals surface area contributed by atoms with Crippen molar-refractivity contribution in [1.29, 1.82) is 0 Å². The molecule has 0 radical (unpaired) electrons. The Morgan fingerprint density at radius 1 is 0.970 bits per heavy atom. The Bertz CT molecular complexity index is 1040. The first-order chi connectivity index (χ1) is 16.0. The Morgan fingerprint density at radius 2 is 1.61 bits per heavy atom. The number of carbonyl (C=O) groups is 1. The Hall–Kier alpha value is -3.39. The van der Waals surface area contributed by atoms with Crippen LogP contribution in [0, 0.1) is 5.92 Å². The molecule has 0 atom stereocenters. The molecule has 0 spiro atoms. The van der Waals surface area contributed by atoms with Gasteiger partial charge in [0.1, 0.15) is 11.5 Å². The summed E-state index contributed by atoms with van der Waals surface area (Å²) < 4.78 is 16.3. The number of aromatic nitrogens is 2. The molecule has 8 nitrogen and oxygen atoms in total. The third kappa shape index (κ3) is 5.90. The van der Waals surface area contributed by atoms with Crippen molar-refractivity contribution in [1.82, 2.24) is 19.9 Å². The standard InChI is InChI=1S/C25H30N4O4/c1-18(2)16-28-12-14-29(15-13-28)23(30)17-32-22-10-6-20(7-11-22)25-26-24(27-33-25)19-4-8-21(31-3)9-5-19/h4-11,18H,12-17H2,1-3H3. The maximum absolute atomic E-state index is 12.5. The van der Waals surface area contributed by atoms with Crippen molar-refractivity contribution in [2.24, 2.45) is 5.92 Å². The lowest BCUT2D eigenvalue weighted by Crippen LogP contribution is -2.50. The molecule has 1 aliphatic heterocycles. The number of benzene rings is 2. The summed E-state index contributed by atoms with van der Waals surface area (Å²) in [6.45, 7) is 8.88. The lowest BCUT2D eigenvalue weighted by molar-refractivity contribution is -0.135. The van der Waals surface area contributed by atoms with Crippen LogP contribution in [0.25, 0.3) is 22.8 Å². The van der Waals surface area contributed by atoms with E-state index in [2.05, 4.69) is 28.9 Å². The highest BCUT2D eigenvalue weighted by atomic mass is 16.5. The minimum absolute atomic E-state index is 0.0179. The fraction of sp³-hybridized carbons (Fsp3) is 0.400. The van der Waals surface area contributed by atoms with Gasteiger partial charge in [-0.05, 0) is 54.4 Å². The van der Waals surface area contributed by atoms with Crippen LogP contribution in [0.15, 0.2) is 53.1 Å². The highest BCUT2D eigenvalue weighted by Gasteiger charge is 2.21. The molecule has 0 bridgehead atoms. The van der Waals surface area contributed by atoms with Gasteiger partial charge >= 0.3 is 0 Å². The number of carbonyl (C=O) groups excluding carboxylic acids is 1. The Balaban J connectivity index is 1.29. The van der Waals surface area contributed by atoms with Gasteiger partial charge in [0.15, 0.2) is 6.61 Å². The minimum atomic E-state index is 0.0179. The van der Waals surface area contributed by atoms with E-state index in [-0.39, 0.29) is 12.5 Å². The van der Waals surface area contributed by atoms with Crippen molar-refractivity contribution in [2.45, 2.75) is 13.8 Å². The van der Waals surface area contributed by atoms with E-state index in [1.807, 2.05) is 41.3 Å². The van der Waals surface area contributed by atoms with E-state index < -0.39 is 0 Å². The third-order valence-corrected chi connectivity index (χ3v) is 5.59. The molecule has 2 aromatic carbocycles. The van der Waals surface area contributed by atoms with Crippen LogP contribution >= 0.6 is 0 Å². The van der Waals surface area contributed by atoms with Crippen LogP contribution < -0.4 is 9.47 Å². The zero-order valence-corrected chi connectivity index (χ0v) is 19.4. The first-order valence-corrected chi connectivity index (χ1v) is 11.2. The lowest BCUT2D eigenvalue weighted by atomic mass is 10.2. The van der Waals surface area contributed by atoms with Crippen molar-refractivity contribution < 1.29 is 18.8 Å². The summed E-state index contributed by atoms with van der Waals surface area (Å²) >= 11 is 0. The summed E-state index contributed by atoms with van der Waals surface area (Å²) in [7, 11) is 1.62. The highest BCUT2D eigenvalue weighted by molar-refractivity contribution is 5.78. The summed E-state index contributed by atoms with van der Waals surface area (Å²) in [4.78, 5) is 21.3. The second-order valence-electron chi connectivity index (χ2n) is 8.54. The summed E-state index contributed by atoms with van der Waals surface area (Å²) in [5.74, 6) is 2.98. The predicted octanol–water partition coefficient (Wildman–Crippen LogP) is 3.59. The van der Waals surface area contributed by atoms with Crippen molar-refractivity contribution >= 4 is 5.91 Å². The van der Waals surface area contributed by atoms with Crippen molar-refractivity contribution in [2.75, 3.05) is 46.4 Å². The first-order valence-electron chi connectivity index (χ1n) is 11.2. The van der Waals surface area contributed by atoms with Gasteiger partial charge in [0, 0.05) is 43.9 Å². The molecule has 1 fully saturated rings. The van der Waals surface area contributed by atoms with Crippen LogP contribution in [0.1, 0.15) is 13.8 Å². The summed E-state index contributed by atoms with van der Waals surface area (Å²) in [6.07, 6.45) is 0. The van der Waals surface area contributed by atoms with Gasteiger partial charge in [-0.1, -0.05) is 19.0 Å². The number of methoxy groups -OCH3 is 1. The van der Waals surface area contributed by atoms with Crippen LogP contribution in [-0.2, 0) is 4.79 Å². The van der Waals surface area contributed by atoms with E-state index in [0.29, 0.717) is 23.4 Å². The topological polar surface area (TPSA) is 80.9 Å². The van der Waals surface area contributed by atoms with Gasteiger partial charge in [-0.15, -0.1) is 0 Å². The van der Waals surface area contributed by atoms with Crippen LogP contribution in [0.2, 0.25) is 0 Å². The molecule has 2 heterocycles. The molecule has 3 aromatic rings. The average Bonchev–Trinajstić information content (AvgIpc) is 3.33. The van der Waals surface area contributed by atoms with E-state index in [9.17, 15) is 4.79 Å². The van der Waals surface area contributed by atoms with Gasteiger partial charge in [-0.25, -0.2) is 0 Å². The Labute approximate surface area is 194 Å². The van der Waals surface area contributed by atoms with E-state index in [4.69, 9.17) is 14.0 Å². The maximum Gasteiger partial charge on any atom is 0.260 e. The van der Waals surface area contributed by atoms with Crippen LogP contribution in [0.5, 0.6) is 11.5 Å². The van der Waals surface area contributed by atoms with Gasteiger partial charge in [0.2, 0.25) is 5.82 Å². The molecule has 1 aromatic heterocycles. The molecule has 0 N–H and O–H groups in total. The molecular weight excluding hydrogens is 420 g/mol. The second-order valence-corrected chi connectivity index (χ2v) is 8.54. The Morgan fingerprint density at radius 3 is 2.24 bits per heavy atom. The molecule has 1 aliphatic rings. The van der Waals surface area contributed by atoms with E-state index >= 15 is 0 Å². The van der Waals surface area contributed by atoms with Gasteiger partial charge in [0.25, 0.3) is 11.8 Å². The number of rotatable bonds is 8. The largest absolute Gasteiger partial charge is 0.497 e. The number of ether oxygens (including phenoxy) is 2. The van der Waals surface area contributed by atoms with Gasteiger partial charge in [0.05, 0.1) is 7.11 Å². The van der Waals surface area contributed by atoms with Gasteiger partial charge in [-0.2, -0.15) is 4.98 Å². The van der Waals surface area contributed by atoms with E-state index in [1.54, 1.807) is 19.2 Å².